The number of rotatable bonds is 5. The van der Waals surface area contributed by atoms with Crippen LogP contribution in [0.5, 0.6) is 0 Å². The number of ether oxygens (including phenoxy) is 1. The van der Waals surface area contributed by atoms with Crippen molar-refractivity contribution >= 4 is 17.7 Å². The van der Waals surface area contributed by atoms with Gasteiger partial charge in [-0.3, -0.25) is 9.69 Å². The first-order chi connectivity index (χ1) is 18.6. The van der Waals surface area contributed by atoms with Gasteiger partial charge in [-0.15, -0.1) is 0 Å². The van der Waals surface area contributed by atoms with Crippen molar-refractivity contribution in [3.05, 3.63) is 65.2 Å². The van der Waals surface area contributed by atoms with Crippen molar-refractivity contribution in [1.29, 1.82) is 0 Å². The molecule has 2 aromatic rings. The van der Waals surface area contributed by atoms with E-state index >= 15 is 0 Å². The molecule has 5 rings (SSSR count). The Hall–Kier alpha value is -3.00. The summed E-state index contributed by atoms with van der Waals surface area (Å²) >= 11 is 0. The molecule has 1 unspecified atom stereocenters. The van der Waals surface area contributed by atoms with Crippen LogP contribution >= 0.6 is 0 Å². The van der Waals surface area contributed by atoms with Crippen LogP contribution in [-0.4, -0.2) is 53.3 Å². The fraction of sp³-hybridized carbons (Fsp3) is 0.548. The molecule has 6 nitrogen and oxygen atoms in total. The van der Waals surface area contributed by atoms with Crippen LogP contribution in [0.25, 0.3) is 0 Å². The number of anilines is 1. The molecular formula is C31H38F2N2O4. The third-order valence-electron chi connectivity index (χ3n) is 9.05. The Bertz CT molecular complexity index is 1210. The van der Waals surface area contributed by atoms with E-state index in [4.69, 9.17) is 4.74 Å². The van der Waals surface area contributed by atoms with Gasteiger partial charge in [0.2, 0.25) is 0 Å². The lowest BCUT2D eigenvalue weighted by Gasteiger charge is -2.44. The summed E-state index contributed by atoms with van der Waals surface area (Å²) in [6.07, 6.45) is 4.85. The Morgan fingerprint density at radius 2 is 1.69 bits per heavy atom. The van der Waals surface area contributed by atoms with E-state index in [9.17, 15) is 23.5 Å². The van der Waals surface area contributed by atoms with Crippen LogP contribution in [0.2, 0.25) is 0 Å². The molecule has 1 aliphatic carbocycles. The number of hydrogen-bond acceptors (Lipinski definition) is 3. The minimum atomic E-state index is -1.20. The first-order valence-corrected chi connectivity index (χ1v) is 14.1. The van der Waals surface area contributed by atoms with E-state index in [0.29, 0.717) is 23.7 Å². The molecule has 1 saturated carbocycles. The highest BCUT2D eigenvalue weighted by molar-refractivity contribution is 5.95. The topological polar surface area (TPSA) is 70.1 Å². The number of aliphatic carboxylic acids is 1. The Morgan fingerprint density at radius 3 is 2.31 bits per heavy atom. The third-order valence-corrected chi connectivity index (χ3v) is 9.05. The molecule has 39 heavy (non-hydrogen) atoms. The number of benzene rings is 2. The largest absolute Gasteiger partial charge is 0.481 e. The van der Waals surface area contributed by atoms with Gasteiger partial charge in [-0.25, -0.2) is 13.6 Å². The number of fused-ring (bicyclic) bond motifs is 1. The molecule has 3 aliphatic rings. The fourth-order valence-corrected chi connectivity index (χ4v) is 7.09. The molecule has 210 valence electrons. The SMILES string of the molecule is CC(C)OC1CCC(C2CN(C(=O)N3CC[C@@](C(=O)O)(c4ccc(F)cc4)C[C@@H]3C)c3cc(F)ccc32)CC1. The van der Waals surface area contributed by atoms with Crippen LogP contribution in [0.15, 0.2) is 42.5 Å². The van der Waals surface area contributed by atoms with Crippen molar-refractivity contribution in [2.24, 2.45) is 5.92 Å². The van der Waals surface area contributed by atoms with Crippen LogP contribution in [0.3, 0.4) is 0 Å². The van der Waals surface area contributed by atoms with Crippen molar-refractivity contribution in [2.45, 2.75) is 88.9 Å². The Kier molecular flexibility index (Phi) is 7.68. The van der Waals surface area contributed by atoms with Gasteiger partial charge in [0.05, 0.1) is 23.3 Å². The number of urea groups is 1. The van der Waals surface area contributed by atoms with Crippen LogP contribution < -0.4 is 4.90 Å². The van der Waals surface area contributed by atoms with E-state index < -0.39 is 17.2 Å². The zero-order valence-corrected chi connectivity index (χ0v) is 22.9. The summed E-state index contributed by atoms with van der Waals surface area (Å²) in [5.74, 6) is -1.26. The second kappa shape index (κ2) is 10.9. The lowest BCUT2D eigenvalue weighted by Crippen LogP contribution is -2.56. The maximum atomic E-state index is 14.4. The van der Waals surface area contributed by atoms with Crippen molar-refractivity contribution < 1.29 is 28.2 Å². The number of carboxylic acids is 1. The molecule has 8 heteroatoms. The summed E-state index contributed by atoms with van der Waals surface area (Å²) in [4.78, 5) is 29.9. The molecule has 2 aromatic carbocycles. The summed E-state index contributed by atoms with van der Waals surface area (Å²) in [6.45, 7) is 6.70. The number of hydrogen-bond donors (Lipinski definition) is 1. The van der Waals surface area contributed by atoms with E-state index in [1.54, 1.807) is 9.80 Å². The van der Waals surface area contributed by atoms with Gasteiger partial charge in [-0.2, -0.15) is 0 Å². The van der Waals surface area contributed by atoms with E-state index in [1.807, 2.05) is 13.0 Å². The summed E-state index contributed by atoms with van der Waals surface area (Å²) in [6, 6.07) is 9.77. The lowest BCUT2D eigenvalue weighted by atomic mass is 9.70. The Labute approximate surface area is 228 Å². The lowest BCUT2D eigenvalue weighted by molar-refractivity contribution is -0.146. The number of carbonyl (C=O) groups excluding carboxylic acids is 1. The number of nitrogens with zero attached hydrogens (tertiary/aromatic N) is 2. The molecule has 2 heterocycles. The summed E-state index contributed by atoms with van der Waals surface area (Å²) < 4.78 is 34.0. The number of carbonyl (C=O) groups is 2. The van der Waals surface area contributed by atoms with Gasteiger partial charge in [-0.1, -0.05) is 18.2 Å². The number of amides is 2. The van der Waals surface area contributed by atoms with Gasteiger partial charge in [0, 0.05) is 25.0 Å². The Balaban J connectivity index is 1.34. The van der Waals surface area contributed by atoms with Crippen LogP contribution in [-0.2, 0) is 14.9 Å². The fourth-order valence-electron chi connectivity index (χ4n) is 7.09. The molecule has 1 N–H and O–H groups in total. The molecule has 1 saturated heterocycles. The van der Waals surface area contributed by atoms with Crippen molar-refractivity contribution in [3.8, 4) is 0 Å². The van der Waals surface area contributed by atoms with Gasteiger partial charge < -0.3 is 14.7 Å². The first kappa shape index (κ1) is 27.6. The van der Waals surface area contributed by atoms with E-state index in [0.717, 1.165) is 31.2 Å². The Morgan fingerprint density at radius 1 is 1.03 bits per heavy atom. The standard InChI is InChI=1S/C31H38F2N2O4/c1-19(2)39-25-11-4-21(5-12-25)27-18-35(28-16-24(33)10-13-26(27)28)30(38)34-15-14-31(29(36)37,17-20(34)3)22-6-8-23(32)9-7-22/h6-10,13,16,19-21,25,27H,4-5,11-12,14-15,17-18H2,1-3H3,(H,36,37)/t20-,21?,25?,27?,31-/m0/s1. The van der Waals surface area contributed by atoms with Crippen molar-refractivity contribution in [1.82, 2.24) is 4.90 Å². The molecule has 0 radical (unpaired) electrons. The van der Waals surface area contributed by atoms with Gasteiger partial charge >= 0.3 is 12.0 Å². The van der Waals surface area contributed by atoms with Gasteiger partial charge in [-0.05, 0) is 101 Å². The van der Waals surface area contributed by atoms with Gasteiger partial charge in [0.15, 0.2) is 0 Å². The minimum absolute atomic E-state index is 0.127. The molecule has 2 fully saturated rings. The van der Waals surface area contributed by atoms with E-state index in [2.05, 4.69) is 13.8 Å². The second-order valence-electron chi connectivity index (χ2n) is 11.8. The number of carboxylic acid groups (broad SMARTS) is 1. The van der Waals surface area contributed by atoms with Crippen LogP contribution in [0, 0.1) is 17.6 Å². The zero-order chi connectivity index (χ0) is 27.9. The van der Waals surface area contributed by atoms with Crippen molar-refractivity contribution in [2.75, 3.05) is 18.0 Å². The van der Waals surface area contributed by atoms with Crippen LogP contribution in [0.4, 0.5) is 19.3 Å². The first-order valence-electron chi connectivity index (χ1n) is 14.1. The predicted octanol–water partition coefficient (Wildman–Crippen LogP) is 6.48. The molecule has 2 amide bonds. The normalized spacial score (nSPS) is 29.0. The monoisotopic (exact) mass is 540 g/mol. The average Bonchev–Trinajstić information content (AvgIpc) is 3.27. The van der Waals surface area contributed by atoms with Crippen LogP contribution in [0.1, 0.15) is 76.3 Å². The van der Waals surface area contributed by atoms with Gasteiger partial charge in [0.1, 0.15) is 11.6 Å². The maximum Gasteiger partial charge on any atom is 0.324 e. The average molecular weight is 541 g/mol. The van der Waals surface area contributed by atoms with E-state index in [-0.39, 0.29) is 55.4 Å². The summed E-state index contributed by atoms with van der Waals surface area (Å²) in [7, 11) is 0. The summed E-state index contributed by atoms with van der Waals surface area (Å²) in [5, 5.41) is 10.2. The number of halogens is 2. The molecule has 3 atom stereocenters. The molecule has 0 aromatic heterocycles. The quantitative estimate of drug-likeness (QED) is 0.471. The molecule has 2 aliphatic heterocycles. The highest BCUT2D eigenvalue weighted by Crippen LogP contribution is 2.47. The van der Waals surface area contributed by atoms with Crippen molar-refractivity contribution in [3.63, 3.8) is 0 Å². The predicted molar refractivity (Wildman–Crippen MR) is 145 cm³/mol. The summed E-state index contributed by atoms with van der Waals surface area (Å²) in [5.41, 5.74) is 0.972. The smallest absolute Gasteiger partial charge is 0.324 e. The zero-order valence-electron chi connectivity index (χ0n) is 22.9. The minimum Gasteiger partial charge on any atom is -0.481 e. The number of piperidine rings is 1. The molecule has 0 spiro atoms. The maximum absolute atomic E-state index is 14.4. The second-order valence-corrected chi connectivity index (χ2v) is 11.8. The van der Waals surface area contributed by atoms with E-state index in [1.165, 1.54) is 36.4 Å². The number of likely N-dealkylation sites (tertiary alicyclic amines) is 1. The third kappa shape index (κ3) is 5.28. The van der Waals surface area contributed by atoms with Gasteiger partial charge in [0.25, 0.3) is 0 Å². The molecule has 0 bridgehead atoms. The highest BCUT2D eigenvalue weighted by Gasteiger charge is 2.48. The molecular weight excluding hydrogens is 502 g/mol. The highest BCUT2D eigenvalue weighted by atomic mass is 19.1.